The first kappa shape index (κ1) is 21.1. The van der Waals surface area contributed by atoms with Gasteiger partial charge in [-0.05, 0) is 38.1 Å². The van der Waals surface area contributed by atoms with Crippen LogP contribution in [0.2, 0.25) is 5.02 Å². The quantitative estimate of drug-likeness (QED) is 0.710. The number of phenolic OH excluding ortho intramolecular Hbond substituents is 1. The normalized spacial score (nSPS) is 15.6. The van der Waals surface area contributed by atoms with Crippen LogP contribution >= 0.6 is 11.6 Å². The van der Waals surface area contributed by atoms with Gasteiger partial charge in [0.2, 0.25) is 0 Å². The summed E-state index contributed by atoms with van der Waals surface area (Å²) in [5.74, 6) is -0.0147. The zero-order valence-corrected chi connectivity index (χ0v) is 17.6. The van der Waals surface area contributed by atoms with Crippen molar-refractivity contribution in [1.82, 2.24) is 9.80 Å². The van der Waals surface area contributed by atoms with Crippen LogP contribution in [0.3, 0.4) is 0 Å². The van der Waals surface area contributed by atoms with Gasteiger partial charge in [-0.25, -0.2) is 4.79 Å². The molecule has 1 aromatic heterocycles. The Bertz CT molecular complexity index is 886. The molecule has 2 heterocycles. The number of halogens is 1. The van der Waals surface area contributed by atoms with Crippen molar-refractivity contribution in [2.75, 3.05) is 45.9 Å². The van der Waals surface area contributed by atoms with Crippen molar-refractivity contribution in [3.8, 4) is 5.75 Å². The molecule has 1 fully saturated rings. The first-order chi connectivity index (χ1) is 13.5. The average molecular weight is 409 g/mol. The number of hydrogen-bond acceptors (Lipinski definition) is 6. The third kappa shape index (κ3) is 4.35. The zero-order chi connectivity index (χ0) is 20.3. The number of aromatic hydroxyl groups is 1. The number of hydrogen-bond donors (Lipinski definition) is 1. The fourth-order valence-corrected chi connectivity index (χ4v) is 4.00. The minimum Gasteiger partial charge on any atom is -0.506 e. The van der Waals surface area contributed by atoms with E-state index in [9.17, 15) is 9.90 Å². The van der Waals surface area contributed by atoms with Crippen molar-refractivity contribution in [1.29, 1.82) is 0 Å². The third-order valence-electron chi connectivity index (χ3n) is 5.64. The summed E-state index contributed by atoms with van der Waals surface area (Å²) < 4.78 is 10.9. The molecule has 0 radical (unpaired) electrons. The maximum absolute atomic E-state index is 12.6. The van der Waals surface area contributed by atoms with Crippen LogP contribution in [0, 0.1) is 6.92 Å². The zero-order valence-electron chi connectivity index (χ0n) is 16.9. The fraction of sp³-hybridized carbons (Fsp3) is 0.571. The van der Waals surface area contributed by atoms with Gasteiger partial charge >= 0.3 is 5.63 Å². The minimum absolute atomic E-state index is 0.0147. The standard InChI is InChI=1S/C21H29ClN2O4/c1-4-23(5-2)7-6-16-14(3)17-12-15(13-24-8-10-27-11-9-24)19(25)18(22)20(17)28-21(16)26/h12,25H,4-11,13H2,1-3H3. The molecule has 0 atom stereocenters. The molecule has 0 bridgehead atoms. The number of fused-ring (bicyclic) bond motifs is 1. The van der Waals surface area contributed by atoms with Gasteiger partial charge in [-0.3, -0.25) is 4.90 Å². The van der Waals surface area contributed by atoms with E-state index in [1.54, 1.807) is 0 Å². The molecule has 0 unspecified atom stereocenters. The summed E-state index contributed by atoms with van der Waals surface area (Å²) in [6.45, 7) is 12.4. The Morgan fingerprint density at radius 2 is 1.93 bits per heavy atom. The number of nitrogens with zero attached hydrogens (tertiary/aromatic N) is 2. The van der Waals surface area contributed by atoms with E-state index in [0.29, 0.717) is 31.7 Å². The van der Waals surface area contributed by atoms with E-state index >= 15 is 0 Å². The Hall–Kier alpha value is -1.60. The number of morpholine rings is 1. The van der Waals surface area contributed by atoms with Crippen molar-refractivity contribution < 1.29 is 14.3 Å². The highest BCUT2D eigenvalue weighted by Crippen LogP contribution is 2.37. The average Bonchev–Trinajstić information content (AvgIpc) is 2.70. The first-order valence-electron chi connectivity index (χ1n) is 9.95. The molecule has 0 spiro atoms. The first-order valence-corrected chi connectivity index (χ1v) is 10.3. The lowest BCUT2D eigenvalue weighted by Crippen LogP contribution is -2.35. The van der Waals surface area contributed by atoms with E-state index in [2.05, 4.69) is 23.6 Å². The van der Waals surface area contributed by atoms with Gasteiger partial charge in [0, 0.05) is 42.7 Å². The molecule has 1 saturated heterocycles. The molecular weight excluding hydrogens is 380 g/mol. The topological polar surface area (TPSA) is 66.2 Å². The Morgan fingerprint density at radius 1 is 1.25 bits per heavy atom. The molecule has 154 valence electrons. The number of ether oxygens (including phenoxy) is 1. The van der Waals surface area contributed by atoms with E-state index in [0.717, 1.165) is 49.2 Å². The van der Waals surface area contributed by atoms with Gasteiger partial charge in [-0.2, -0.15) is 0 Å². The minimum atomic E-state index is -0.376. The van der Waals surface area contributed by atoms with Crippen molar-refractivity contribution in [2.24, 2.45) is 0 Å². The van der Waals surface area contributed by atoms with Gasteiger partial charge in [-0.1, -0.05) is 25.4 Å². The monoisotopic (exact) mass is 408 g/mol. The molecule has 3 rings (SSSR count). The molecule has 1 aliphatic rings. The molecular formula is C21H29ClN2O4. The van der Waals surface area contributed by atoms with E-state index in [4.69, 9.17) is 20.8 Å². The molecule has 0 amide bonds. The van der Waals surface area contributed by atoms with Crippen LogP contribution in [0.5, 0.6) is 5.75 Å². The summed E-state index contributed by atoms with van der Waals surface area (Å²) in [6.07, 6.45) is 0.628. The molecule has 6 nitrogen and oxygen atoms in total. The SMILES string of the molecule is CCN(CC)CCc1c(C)c2cc(CN3CCOCC3)c(O)c(Cl)c2oc1=O. The smallest absolute Gasteiger partial charge is 0.339 e. The van der Waals surface area contributed by atoms with Crippen LogP contribution < -0.4 is 5.63 Å². The Morgan fingerprint density at radius 3 is 2.57 bits per heavy atom. The van der Waals surface area contributed by atoms with Gasteiger partial charge in [0.15, 0.2) is 5.58 Å². The fourth-order valence-electron chi connectivity index (χ4n) is 3.74. The van der Waals surface area contributed by atoms with Gasteiger partial charge in [0.25, 0.3) is 0 Å². The van der Waals surface area contributed by atoms with Crippen LogP contribution in [0.25, 0.3) is 11.0 Å². The second kappa shape index (κ2) is 9.27. The van der Waals surface area contributed by atoms with Crippen LogP contribution in [-0.2, 0) is 17.7 Å². The lowest BCUT2D eigenvalue weighted by molar-refractivity contribution is 0.0339. The molecule has 1 aromatic carbocycles. The van der Waals surface area contributed by atoms with Gasteiger partial charge in [-0.15, -0.1) is 0 Å². The van der Waals surface area contributed by atoms with Gasteiger partial charge in [0.05, 0.1) is 13.2 Å². The molecule has 28 heavy (non-hydrogen) atoms. The third-order valence-corrected chi connectivity index (χ3v) is 5.99. The highest BCUT2D eigenvalue weighted by molar-refractivity contribution is 6.36. The number of phenols is 1. The highest BCUT2D eigenvalue weighted by atomic mass is 35.5. The Kier molecular flexibility index (Phi) is 6.99. The number of rotatable bonds is 7. The maximum Gasteiger partial charge on any atom is 0.339 e. The molecule has 2 aromatic rings. The van der Waals surface area contributed by atoms with Crippen LogP contribution in [-0.4, -0.2) is 60.8 Å². The van der Waals surface area contributed by atoms with Crippen LogP contribution in [0.15, 0.2) is 15.3 Å². The second-order valence-electron chi connectivity index (χ2n) is 7.23. The van der Waals surface area contributed by atoms with Crippen molar-refractivity contribution in [3.05, 3.63) is 38.2 Å². The van der Waals surface area contributed by atoms with Crippen LogP contribution in [0.4, 0.5) is 0 Å². The molecule has 0 aliphatic carbocycles. The van der Waals surface area contributed by atoms with Crippen molar-refractivity contribution in [3.63, 3.8) is 0 Å². The molecule has 0 saturated carbocycles. The summed E-state index contributed by atoms with van der Waals surface area (Å²) in [5, 5.41) is 11.5. The summed E-state index contributed by atoms with van der Waals surface area (Å²) in [7, 11) is 0. The Balaban J connectivity index is 1.99. The number of likely N-dealkylation sites (N-methyl/N-ethyl adjacent to an activating group) is 1. The number of benzene rings is 1. The van der Waals surface area contributed by atoms with E-state index < -0.39 is 0 Å². The van der Waals surface area contributed by atoms with E-state index in [1.807, 2.05) is 13.0 Å². The highest BCUT2D eigenvalue weighted by Gasteiger charge is 2.21. The molecule has 1 N–H and O–H groups in total. The van der Waals surface area contributed by atoms with Crippen LogP contribution in [0.1, 0.15) is 30.5 Å². The van der Waals surface area contributed by atoms with Gasteiger partial charge < -0.3 is 19.2 Å². The van der Waals surface area contributed by atoms with E-state index in [1.165, 1.54) is 0 Å². The van der Waals surface area contributed by atoms with Gasteiger partial charge in [0.1, 0.15) is 10.8 Å². The van der Waals surface area contributed by atoms with E-state index in [-0.39, 0.29) is 22.0 Å². The van der Waals surface area contributed by atoms with Crippen molar-refractivity contribution in [2.45, 2.75) is 33.7 Å². The van der Waals surface area contributed by atoms with Crippen molar-refractivity contribution >= 4 is 22.6 Å². The second-order valence-corrected chi connectivity index (χ2v) is 7.61. The Labute approximate surface area is 170 Å². The summed E-state index contributed by atoms with van der Waals surface area (Å²) in [4.78, 5) is 17.1. The maximum atomic E-state index is 12.6. The summed E-state index contributed by atoms with van der Waals surface area (Å²) >= 11 is 6.38. The lowest BCUT2D eigenvalue weighted by atomic mass is 10.0. The molecule has 1 aliphatic heterocycles. The predicted molar refractivity (Wildman–Crippen MR) is 111 cm³/mol. The predicted octanol–water partition coefficient (Wildman–Crippen LogP) is 3.18. The lowest BCUT2D eigenvalue weighted by Gasteiger charge is -2.27. The molecule has 7 heteroatoms. The summed E-state index contributed by atoms with van der Waals surface area (Å²) in [6, 6.07) is 1.91. The number of aryl methyl sites for hydroxylation is 1. The summed E-state index contributed by atoms with van der Waals surface area (Å²) in [5.41, 5.74) is 2.19. The largest absolute Gasteiger partial charge is 0.506 e.